The third-order valence-corrected chi connectivity index (χ3v) is 4.04. The van der Waals surface area contributed by atoms with Gasteiger partial charge in [0, 0.05) is 12.5 Å². The SMILES string of the molecule is C[C@H](Cc1cccc(C(F)(F)F)c1)C(=O)N1CCC[C@@H]1C(=O)O. The molecule has 0 spiro atoms. The summed E-state index contributed by atoms with van der Waals surface area (Å²) in [6.45, 7) is 1.99. The van der Waals surface area contributed by atoms with Crippen molar-refractivity contribution >= 4 is 11.9 Å². The van der Waals surface area contributed by atoms with Crippen LogP contribution in [0.15, 0.2) is 24.3 Å². The van der Waals surface area contributed by atoms with Crippen LogP contribution in [-0.2, 0) is 22.2 Å². The molecule has 0 aromatic heterocycles. The second-order valence-electron chi connectivity index (χ2n) is 5.83. The van der Waals surface area contributed by atoms with E-state index in [2.05, 4.69) is 0 Å². The summed E-state index contributed by atoms with van der Waals surface area (Å²) in [4.78, 5) is 24.8. The maximum absolute atomic E-state index is 12.7. The molecule has 1 heterocycles. The van der Waals surface area contributed by atoms with Gasteiger partial charge < -0.3 is 10.0 Å². The van der Waals surface area contributed by atoms with Crippen LogP contribution in [0.1, 0.15) is 30.9 Å². The fourth-order valence-corrected chi connectivity index (χ4v) is 2.89. The number of halogens is 3. The zero-order valence-electron chi connectivity index (χ0n) is 12.6. The molecule has 2 rings (SSSR count). The maximum Gasteiger partial charge on any atom is 0.416 e. The molecule has 1 aliphatic rings. The molecule has 4 nitrogen and oxygen atoms in total. The Labute approximate surface area is 131 Å². The normalized spacial score (nSPS) is 19.7. The molecule has 1 aromatic rings. The van der Waals surface area contributed by atoms with E-state index in [0.29, 0.717) is 24.9 Å². The molecule has 0 radical (unpaired) electrons. The van der Waals surface area contributed by atoms with Crippen LogP contribution < -0.4 is 0 Å². The van der Waals surface area contributed by atoms with Crippen LogP contribution in [0.2, 0.25) is 0 Å². The number of benzene rings is 1. The largest absolute Gasteiger partial charge is 0.480 e. The Bertz CT molecular complexity index is 600. The molecule has 1 aromatic carbocycles. The molecule has 0 saturated carbocycles. The summed E-state index contributed by atoms with van der Waals surface area (Å²) in [7, 11) is 0. The number of hydrogen-bond donors (Lipinski definition) is 1. The summed E-state index contributed by atoms with van der Waals surface area (Å²) in [5.41, 5.74) is -0.342. The number of carbonyl (C=O) groups is 2. The molecule has 2 atom stereocenters. The predicted molar refractivity (Wildman–Crippen MR) is 76.7 cm³/mol. The smallest absolute Gasteiger partial charge is 0.416 e. The Kier molecular flexibility index (Phi) is 4.97. The van der Waals surface area contributed by atoms with Crippen LogP contribution in [0.4, 0.5) is 13.2 Å². The third-order valence-electron chi connectivity index (χ3n) is 4.04. The second kappa shape index (κ2) is 6.60. The molecule has 126 valence electrons. The summed E-state index contributed by atoms with van der Waals surface area (Å²) < 4.78 is 38.1. The van der Waals surface area contributed by atoms with Gasteiger partial charge in [0.15, 0.2) is 0 Å². The van der Waals surface area contributed by atoms with Gasteiger partial charge in [-0.3, -0.25) is 4.79 Å². The molecule has 23 heavy (non-hydrogen) atoms. The topological polar surface area (TPSA) is 57.6 Å². The zero-order valence-corrected chi connectivity index (χ0v) is 12.6. The van der Waals surface area contributed by atoms with Crippen molar-refractivity contribution in [2.24, 2.45) is 5.92 Å². The van der Waals surface area contributed by atoms with Crippen molar-refractivity contribution in [2.45, 2.75) is 38.4 Å². The van der Waals surface area contributed by atoms with Crippen molar-refractivity contribution < 1.29 is 27.9 Å². The highest BCUT2D eigenvalue weighted by atomic mass is 19.4. The monoisotopic (exact) mass is 329 g/mol. The summed E-state index contributed by atoms with van der Waals surface area (Å²) in [5, 5.41) is 9.11. The minimum atomic E-state index is -4.42. The molecule has 1 aliphatic heterocycles. The lowest BCUT2D eigenvalue weighted by atomic mass is 9.98. The molecular weight excluding hydrogens is 311 g/mol. The molecule has 0 bridgehead atoms. The Morgan fingerprint density at radius 2 is 2.09 bits per heavy atom. The lowest BCUT2D eigenvalue weighted by Gasteiger charge is -2.25. The molecular formula is C16H18F3NO3. The lowest BCUT2D eigenvalue weighted by molar-refractivity contribution is -0.149. The summed E-state index contributed by atoms with van der Waals surface area (Å²) in [6, 6.07) is 4.04. The number of carbonyl (C=O) groups excluding carboxylic acids is 1. The highest BCUT2D eigenvalue weighted by Gasteiger charge is 2.36. The standard InChI is InChI=1S/C16H18F3NO3/c1-10(14(21)20-7-3-6-13(20)15(22)23)8-11-4-2-5-12(9-11)16(17,18)19/h2,4-5,9-10,13H,3,6-8H2,1H3,(H,22,23)/t10-,13-/m1/s1. The highest BCUT2D eigenvalue weighted by Crippen LogP contribution is 2.30. The van der Waals surface area contributed by atoms with Crippen LogP contribution >= 0.6 is 0 Å². The van der Waals surface area contributed by atoms with Gasteiger partial charge in [-0.05, 0) is 30.9 Å². The first-order chi connectivity index (χ1) is 10.7. The van der Waals surface area contributed by atoms with Gasteiger partial charge >= 0.3 is 12.1 Å². The van der Waals surface area contributed by atoms with Crippen LogP contribution in [0.25, 0.3) is 0 Å². The molecule has 1 saturated heterocycles. The van der Waals surface area contributed by atoms with E-state index in [1.54, 1.807) is 6.92 Å². The fraction of sp³-hybridized carbons (Fsp3) is 0.500. The minimum absolute atomic E-state index is 0.144. The molecule has 1 fully saturated rings. The van der Waals surface area contributed by atoms with Crippen LogP contribution in [0.5, 0.6) is 0 Å². The van der Waals surface area contributed by atoms with Crippen LogP contribution in [0, 0.1) is 5.92 Å². The fourth-order valence-electron chi connectivity index (χ4n) is 2.89. The van der Waals surface area contributed by atoms with Gasteiger partial charge in [0.25, 0.3) is 0 Å². The number of aliphatic carboxylic acids is 1. The van der Waals surface area contributed by atoms with Crippen molar-refractivity contribution in [3.05, 3.63) is 35.4 Å². The van der Waals surface area contributed by atoms with Crippen molar-refractivity contribution in [1.29, 1.82) is 0 Å². The number of carboxylic acid groups (broad SMARTS) is 1. The van der Waals surface area contributed by atoms with Gasteiger partial charge in [-0.25, -0.2) is 4.79 Å². The Morgan fingerprint density at radius 1 is 1.39 bits per heavy atom. The van der Waals surface area contributed by atoms with Gasteiger partial charge in [0.2, 0.25) is 5.91 Å². The maximum atomic E-state index is 12.7. The van der Waals surface area contributed by atoms with Crippen LogP contribution in [0.3, 0.4) is 0 Å². The average Bonchev–Trinajstić information content (AvgIpc) is 2.95. The lowest BCUT2D eigenvalue weighted by Crippen LogP contribution is -2.43. The van der Waals surface area contributed by atoms with Crippen molar-refractivity contribution in [2.75, 3.05) is 6.54 Å². The molecule has 1 N–H and O–H groups in total. The van der Waals surface area contributed by atoms with Crippen molar-refractivity contribution in [3.8, 4) is 0 Å². The third kappa shape index (κ3) is 4.03. The highest BCUT2D eigenvalue weighted by molar-refractivity contribution is 5.85. The number of hydrogen-bond acceptors (Lipinski definition) is 2. The van der Waals surface area contributed by atoms with E-state index in [-0.39, 0.29) is 12.3 Å². The van der Waals surface area contributed by atoms with E-state index in [1.165, 1.54) is 17.0 Å². The van der Waals surface area contributed by atoms with Crippen molar-refractivity contribution in [3.63, 3.8) is 0 Å². The van der Waals surface area contributed by atoms with Gasteiger partial charge in [-0.1, -0.05) is 25.1 Å². The Hall–Kier alpha value is -2.05. The number of likely N-dealkylation sites (tertiary alicyclic amines) is 1. The van der Waals surface area contributed by atoms with E-state index in [1.807, 2.05) is 0 Å². The quantitative estimate of drug-likeness (QED) is 0.924. The number of amides is 1. The van der Waals surface area contributed by atoms with Crippen LogP contribution in [-0.4, -0.2) is 34.5 Å². The number of alkyl halides is 3. The number of rotatable bonds is 4. The Balaban J connectivity index is 2.08. The summed E-state index contributed by atoms with van der Waals surface area (Å²) >= 11 is 0. The van der Waals surface area contributed by atoms with Crippen molar-refractivity contribution in [1.82, 2.24) is 4.90 Å². The van der Waals surface area contributed by atoms with E-state index >= 15 is 0 Å². The predicted octanol–water partition coefficient (Wildman–Crippen LogP) is 2.96. The van der Waals surface area contributed by atoms with Gasteiger partial charge in [0.1, 0.15) is 6.04 Å². The zero-order chi connectivity index (χ0) is 17.2. The molecule has 7 heteroatoms. The molecule has 0 aliphatic carbocycles. The van der Waals surface area contributed by atoms with E-state index in [4.69, 9.17) is 5.11 Å². The van der Waals surface area contributed by atoms with E-state index in [9.17, 15) is 22.8 Å². The van der Waals surface area contributed by atoms with Gasteiger partial charge in [-0.2, -0.15) is 13.2 Å². The van der Waals surface area contributed by atoms with E-state index in [0.717, 1.165) is 12.1 Å². The number of nitrogens with zero attached hydrogens (tertiary/aromatic N) is 1. The second-order valence-corrected chi connectivity index (χ2v) is 5.83. The Morgan fingerprint density at radius 3 is 2.70 bits per heavy atom. The minimum Gasteiger partial charge on any atom is -0.480 e. The summed E-state index contributed by atoms with van der Waals surface area (Å²) in [6.07, 6.45) is -3.24. The first kappa shape index (κ1) is 17.3. The first-order valence-corrected chi connectivity index (χ1v) is 7.39. The number of carboxylic acids is 1. The van der Waals surface area contributed by atoms with E-state index < -0.39 is 29.7 Å². The molecule has 0 unspecified atom stereocenters. The summed E-state index contributed by atoms with van der Waals surface area (Å²) in [5.74, 6) is -1.94. The first-order valence-electron chi connectivity index (χ1n) is 7.39. The van der Waals surface area contributed by atoms with Gasteiger partial charge in [-0.15, -0.1) is 0 Å². The average molecular weight is 329 g/mol. The van der Waals surface area contributed by atoms with Gasteiger partial charge in [0.05, 0.1) is 5.56 Å². The molecule has 1 amide bonds.